The number of hydrogen-bond acceptors (Lipinski definition) is 4. The monoisotopic (exact) mass is 563 g/mol. The Morgan fingerprint density at radius 3 is 2.08 bits per heavy atom. The first-order chi connectivity index (χ1) is 18.9. The van der Waals surface area contributed by atoms with Crippen molar-refractivity contribution in [2.75, 3.05) is 17.1 Å². The van der Waals surface area contributed by atoms with Crippen LogP contribution < -0.4 is 9.62 Å². The van der Waals surface area contributed by atoms with E-state index in [-0.39, 0.29) is 18.5 Å². The molecule has 1 N–H and O–H groups in total. The molecule has 214 valence electrons. The van der Waals surface area contributed by atoms with Crippen LogP contribution in [0.15, 0.2) is 72.8 Å². The SMILES string of the molecule is CCC(C)NC(=O)C(Cc1ccccc1)N(Cc1ccc(C)cc1)C(=O)CN(c1ccc(C)cc1C)S(C)(=O)=O. The molecule has 0 bridgehead atoms. The molecule has 8 heteroatoms. The molecule has 0 spiro atoms. The number of aryl methyl sites for hydroxylation is 3. The zero-order valence-corrected chi connectivity index (χ0v) is 25.2. The van der Waals surface area contributed by atoms with E-state index >= 15 is 0 Å². The van der Waals surface area contributed by atoms with Crippen LogP contribution in [0.25, 0.3) is 0 Å². The van der Waals surface area contributed by atoms with E-state index in [0.717, 1.165) is 44.8 Å². The van der Waals surface area contributed by atoms with Gasteiger partial charge < -0.3 is 10.2 Å². The minimum atomic E-state index is -3.80. The Morgan fingerprint density at radius 2 is 1.50 bits per heavy atom. The zero-order valence-electron chi connectivity index (χ0n) is 24.3. The number of nitrogens with zero attached hydrogens (tertiary/aromatic N) is 2. The van der Waals surface area contributed by atoms with Crippen LogP contribution in [0.4, 0.5) is 5.69 Å². The average molecular weight is 564 g/mol. The number of carbonyl (C=O) groups excluding carboxylic acids is 2. The normalized spacial score (nSPS) is 12.8. The van der Waals surface area contributed by atoms with Crippen LogP contribution in [0.5, 0.6) is 0 Å². The van der Waals surface area contributed by atoms with E-state index in [1.807, 2.05) is 101 Å². The fraction of sp³-hybridized carbons (Fsp3) is 0.375. The van der Waals surface area contributed by atoms with Crippen molar-refractivity contribution >= 4 is 27.5 Å². The fourth-order valence-electron chi connectivity index (χ4n) is 4.57. The van der Waals surface area contributed by atoms with Crippen LogP contribution >= 0.6 is 0 Å². The molecule has 0 aliphatic heterocycles. The third-order valence-corrected chi connectivity index (χ3v) is 8.17. The molecule has 2 unspecified atom stereocenters. The molecule has 2 amide bonds. The van der Waals surface area contributed by atoms with E-state index in [4.69, 9.17) is 0 Å². The molecule has 0 saturated heterocycles. The summed E-state index contributed by atoms with van der Waals surface area (Å²) in [7, 11) is -3.80. The summed E-state index contributed by atoms with van der Waals surface area (Å²) in [6, 6.07) is 21.9. The Labute approximate surface area is 239 Å². The number of hydrogen-bond donors (Lipinski definition) is 1. The topological polar surface area (TPSA) is 86.8 Å². The van der Waals surface area contributed by atoms with Gasteiger partial charge in [-0.2, -0.15) is 0 Å². The van der Waals surface area contributed by atoms with Gasteiger partial charge in [0.25, 0.3) is 0 Å². The Bertz CT molecular complexity index is 1410. The summed E-state index contributed by atoms with van der Waals surface area (Å²) in [5.74, 6) is -0.720. The lowest BCUT2D eigenvalue weighted by Crippen LogP contribution is -2.54. The third kappa shape index (κ3) is 8.42. The molecule has 2 atom stereocenters. The van der Waals surface area contributed by atoms with Crippen LogP contribution in [-0.2, 0) is 32.6 Å². The highest BCUT2D eigenvalue weighted by atomic mass is 32.2. The Balaban J connectivity index is 2.07. The zero-order chi connectivity index (χ0) is 29.4. The molecule has 7 nitrogen and oxygen atoms in total. The minimum absolute atomic E-state index is 0.0789. The molecule has 0 aromatic heterocycles. The maximum atomic E-state index is 14.2. The van der Waals surface area contributed by atoms with Gasteiger partial charge in [0.15, 0.2) is 0 Å². The summed E-state index contributed by atoms with van der Waals surface area (Å²) < 4.78 is 27.1. The van der Waals surface area contributed by atoms with Crippen molar-refractivity contribution < 1.29 is 18.0 Å². The first kappa shape index (κ1) is 30.9. The minimum Gasteiger partial charge on any atom is -0.352 e. The Hall–Kier alpha value is -3.65. The molecular formula is C32H41N3O4S. The van der Waals surface area contributed by atoms with Gasteiger partial charge in [0, 0.05) is 19.0 Å². The summed E-state index contributed by atoms with van der Waals surface area (Å²) in [4.78, 5) is 29.4. The summed E-state index contributed by atoms with van der Waals surface area (Å²) in [6.07, 6.45) is 2.13. The second-order valence-electron chi connectivity index (χ2n) is 10.6. The summed E-state index contributed by atoms with van der Waals surface area (Å²) >= 11 is 0. The predicted molar refractivity (Wildman–Crippen MR) is 162 cm³/mol. The van der Waals surface area contributed by atoms with Gasteiger partial charge in [-0.25, -0.2) is 8.42 Å². The van der Waals surface area contributed by atoms with Gasteiger partial charge in [-0.15, -0.1) is 0 Å². The molecule has 0 aliphatic carbocycles. The molecule has 0 saturated carbocycles. The van der Waals surface area contributed by atoms with Gasteiger partial charge in [0.1, 0.15) is 12.6 Å². The van der Waals surface area contributed by atoms with E-state index in [1.165, 1.54) is 4.90 Å². The standard InChI is InChI=1S/C32H41N3O4S/c1-7-26(5)33-32(37)30(20-27-11-9-8-10-12-27)34(21-28-16-13-23(2)14-17-28)31(36)22-35(40(6,38)39)29-18-15-24(3)19-25(29)4/h8-19,26,30H,7,20-22H2,1-6H3,(H,33,37). The highest BCUT2D eigenvalue weighted by Crippen LogP contribution is 2.25. The largest absolute Gasteiger partial charge is 0.352 e. The Morgan fingerprint density at radius 1 is 0.875 bits per heavy atom. The van der Waals surface area contributed by atoms with Crippen LogP contribution in [0.2, 0.25) is 0 Å². The first-order valence-electron chi connectivity index (χ1n) is 13.6. The summed E-state index contributed by atoms with van der Waals surface area (Å²) in [5, 5.41) is 3.05. The van der Waals surface area contributed by atoms with E-state index in [1.54, 1.807) is 6.07 Å². The average Bonchev–Trinajstić information content (AvgIpc) is 2.90. The second kappa shape index (κ2) is 13.6. The van der Waals surface area contributed by atoms with Gasteiger partial charge in [-0.05, 0) is 56.9 Å². The number of nitrogens with one attached hydrogen (secondary N) is 1. The molecule has 0 heterocycles. The van der Waals surface area contributed by atoms with Crippen molar-refractivity contribution in [2.45, 2.75) is 66.1 Å². The predicted octanol–water partition coefficient (Wildman–Crippen LogP) is 4.93. The van der Waals surface area contributed by atoms with Crippen molar-refractivity contribution in [1.29, 1.82) is 0 Å². The highest BCUT2D eigenvalue weighted by Gasteiger charge is 2.33. The van der Waals surface area contributed by atoms with Crippen LogP contribution in [0.1, 0.15) is 48.1 Å². The first-order valence-corrected chi connectivity index (χ1v) is 15.5. The molecular weight excluding hydrogens is 522 g/mol. The number of anilines is 1. The maximum Gasteiger partial charge on any atom is 0.244 e. The lowest BCUT2D eigenvalue weighted by atomic mass is 10.0. The van der Waals surface area contributed by atoms with E-state index in [0.29, 0.717) is 12.1 Å². The number of benzene rings is 3. The molecule has 3 aromatic rings. The maximum absolute atomic E-state index is 14.2. The lowest BCUT2D eigenvalue weighted by molar-refractivity contribution is -0.140. The quantitative estimate of drug-likeness (QED) is 0.339. The fourth-order valence-corrected chi connectivity index (χ4v) is 5.47. The smallest absolute Gasteiger partial charge is 0.244 e. The van der Waals surface area contributed by atoms with Gasteiger partial charge in [-0.3, -0.25) is 13.9 Å². The van der Waals surface area contributed by atoms with E-state index in [9.17, 15) is 18.0 Å². The number of sulfonamides is 1. The van der Waals surface area contributed by atoms with Gasteiger partial charge in [0.05, 0.1) is 11.9 Å². The van der Waals surface area contributed by atoms with Crippen molar-refractivity contribution in [1.82, 2.24) is 10.2 Å². The lowest BCUT2D eigenvalue weighted by Gasteiger charge is -2.34. The second-order valence-corrected chi connectivity index (χ2v) is 12.5. The van der Waals surface area contributed by atoms with Crippen molar-refractivity contribution in [3.63, 3.8) is 0 Å². The number of carbonyl (C=O) groups is 2. The molecule has 0 aliphatic rings. The number of amides is 2. The van der Waals surface area contributed by atoms with Crippen LogP contribution in [0.3, 0.4) is 0 Å². The van der Waals surface area contributed by atoms with E-state index < -0.39 is 28.5 Å². The van der Waals surface area contributed by atoms with Crippen molar-refractivity contribution in [2.24, 2.45) is 0 Å². The molecule has 40 heavy (non-hydrogen) atoms. The van der Waals surface area contributed by atoms with Crippen molar-refractivity contribution in [3.05, 3.63) is 101 Å². The molecule has 3 rings (SSSR count). The van der Waals surface area contributed by atoms with Crippen LogP contribution in [0, 0.1) is 20.8 Å². The summed E-state index contributed by atoms with van der Waals surface area (Å²) in [5.41, 5.74) is 5.02. The van der Waals surface area contributed by atoms with Crippen LogP contribution in [-0.4, -0.2) is 50.0 Å². The Kier molecular flexibility index (Phi) is 10.5. The third-order valence-electron chi connectivity index (χ3n) is 7.05. The van der Waals surface area contributed by atoms with Gasteiger partial charge >= 0.3 is 0 Å². The molecule has 0 fully saturated rings. The molecule has 3 aromatic carbocycles. The summed E-state index contributed by atoms with van der Waals surface area (Å²) in [6.45, 7) is 9.40. The van der Waals surface area contributed by atoms with Gasteiger partial charge in [0.2, 0.25) is 21.8 Å². The van der Waals surface area contributed by atoms with E-state index in [2.05, 4.69) is 5.32 Å². The van der Waals surface area contributed by atoms with Gasteiger partial charge in [-0.1, -0.05) is 84.8 Å². The number of rotatable bonds is 12. The van der Waals surface area contributed by atoms with Crippen molar-refractivity contribution in [3.8, 4) is 0 Å². The molecule has 0 radical (unpaired) electrons. The highest BCUT2D eigenvalue weighted by molar-refractivity contribution is 7.92.